The van der Waals surface area contributed by atoms with Gasteiger partial charge in [0.05, 0.1) is 6.04 Å². The van der Waals surface area contributed by atoms with E-state index in [9.17, 15) is 4.79 Å². The number of amides is 1. The molecule has 1 fully saturated rings. The lowest BCUT2D eigenvalue weighted by atomic mass is 9.96. The molecule has 2 unspecified atom stereocenters. The highest BCUT2D eigenvalue weighted by atomic mass is 16.6. The fourth-order valence-corrected chi connectivity index (χ4v) is 5.56. The van der Waals surface area contributed by atoms with Crippen molar-refractivity contribution in [1.82, 2.24) is 9.88 Å². The number of carbonyl (C=O) groups is 1. The number of ether oxygens (including phenoxy) is 1. The van der Waals surface area contributed by atoms with Crippen molar-refractivity contribution in [2.24, 2.45) is 0 Å². The lowest BCUT2D eigenvalue weighted by Crippen LogP contribution is -2.43. The molecule has 1 amide bonds. The summed E-state index contributed by atoms with van der Waals surface area (Å²) >= 11 is 0. The van der Waals surface area contributed by atoms with Crippen molar-refractivity contribution < 1.29 is 9.53 Å². The zero-order chi connectivity index (χ0) is 20.8. The lowest BCUT2D eigenvalue weighted by Gasteiger charge is -2.33. The summed E-state index contributed by atoms with van der Waals surface area (Å²) in [6.45, 7) is 0.379. The molecule has 0 radical (unpaired) electrons. The summed E-state index contributed by atoms with van der Waals surface area (Å²) in [6.07, 6.45) is 8.64. The fraction of sp³-hybridized carbons (Fsp3) is 0.259. The zero-order valence-electron chi connectivity index (χ0n) is 17.3. The molecular weight excluding hydrogens is 384 g/mol. The van der Waals surface area contributed by atoms with Gasteiger partial charge in [-0.15, -0.1) is 0 Å². The van der Waals surface area contributed by atoms with Crippen LogP contribution in [-0.4, -0.2) is 34.7 Å². The Morgan fingerprint density at radius 3 is 2.29 bits per heavy atom. The highest BCUT2D eigenvalue weighted by molar-refractivity contribution is 5.79. The standard InChI is InChI=1S/C27H24N2O2/c30-27(29-20-9-10-21(29)16-19(15-20)18-11-13-28-14-12-18)31-17-26-24-7-3-1-5-22(24)23-6-2-4-8-25(23)26/h1-8,11-15,20-21,26H,9-10,16-17H2. The van der Waals surface area contributed by atoms with Gasteiger partial charge in [0, 0.05) is 24.4 Å². The molecule has 1 aliphatic carbocycles. The average molecular weight is 409 g/mol. The Bertz CT molecular complexity index is 1130. The van der Waals surface area contributed by atoms with Crippen molar-refractivity contribution in [2.45, 2.75) is 37.3 Å². The second kappa shape index (κ2) is 7.38. The van der Waals surface area contributed by atoms with E-state index in [1.165, 1.54) is 33.4 Å². The van der Waals surface area contributed by atoms with E-state index in [1.54, 1.807) is 0 Å². The average Bonchev–Trinajstić information content (AvgIpc) is 3.29. The summed E-state index contributed by atoms with van der Waals surface area (Å²) < 4.78 is 5.95. The molecule has 4 heteroatoms. The molecule has 0 N–H and O–H groups in total. The third-order valence-corrected chi connectivity index (χ3v) is 6.99. The minimum atomic E-state index is -0.181. The summed E-state index contributed by atoms with van der Waals surface area (Å²) in [5.74, 6) is 0.0988. The Labute approximate surface area is 182 Å². The molecule has 2 bridgehead atoms. The predicted octanol–water partition coefficient (Wildman–Crippen LogP) is 5.65. The number of pyridine rings is 1. The van der Waals surface area contributed by atoms with Crippen LogP contribution in [0.2, 0.25) is 0 Å². The maximum absolute atomic E-state index is 13.1. The molecule has 31 heavy (non-hydrogen) atoms. The first-order chi connectivity index (χ1) is 15.3. The topological polar surface area (TPSA) is 42.4 Å². The second-order valence-electron chi connectivity index (χ2n) is 8.64. The number of aromatic nitrogens is 1. The first kappa shape index (κ1) is 18.4. The maximum Gasteiger partial charge on any atom is 0.410 e. The van der Waals surface area contributed by atoms with Crippen LogP contribution < -0.4 is 0 Å². The molecule has 2 atom stereocenters. The van der Waals surface area contributed by atoms with Gasteiger partial charge in [-0.3, -0.25) is 9.88 Å². The maximum atomic E-state index is 13.1. The Morgan fingerprint density at radius 2 is 1.61 bits per heavy atom. The number of carbonyl (C=O) groups excluding carboxylic acids is 1. The summed E-state index contributed by atoms with van der Waals surface area (Å²) in [7, 11) is 0. The van der Waals surface area contributed by atoms with Crippen LogP contribution in [0.5, 0.6) is 0 Å². The largest absolute Gasteiger partial charge is 0.448 e. The van der Waals surface area contributed by atoms with Crippen LogP contribution in [0.4, 0.5) is 4.79 Å². The van der Waals surface area contributed by atoms with E-state index in [0.717, 1.165) is 19.3 Å². The smallest absolute Gasteiger partial charge is 0.410 e. The second-order valence-corrected chi connectivity index (χ2v) is 8.64. The number of rotatable bonds is 3. The highest BCUT2D eigenvalue weighted by Gasteiger charge is 2.41. The van der Waals surface area contributed by atoms with Gasteiger partial charge in [0.2, 0.25) is 0 Å². The van der Waals surface area contributed by atoms with Crippen molar-refractivity contribution in [3.63, 3.8) is 0 Å². The van der Waals surface area contributed by atoms with Crippen molar-refractivity contribution in [3.8, 4) is 11.1 Å². The molecule has 3 aromatic rings. The van der Waals surface area contributed by atoms with E-state index in [0.29, 0.717) is 6.61 Å². The van der Waals surface area contributed by atoms with Crippen molar-refractivity contribution in [1.29, 1.82) is 0 Å². The van der Waals surface area contributed by atoms with Crippen molar-refractivity contribution >= 4 is 11.7 Å². The van der Waals surface area contributed by atoms with Gasteiger partial charge in [-0.05, 0) is 64.8 Å². The van der Waals surface area contributed by atoms with E-state index in [-0.39, 0.29) is 24.1 Å². The molecule has 2 aliphatic heterocycles. The van der Waals surface area contributed by atoms with Crippen molar-refractivity contribution in [3.05, 3.63) is 95.8 Å². The van der Waals surface area contributed by atoms with Gasteiger partial charge >= 0.3 is 6.09 Å². The van der Waals surface area contributed by atoms with E-state index in [1.807, 2.05) is 29.4 Å². The van der Waals surface area contributed by atoms with Crippen LogP contribution in [0.1, 0.15) is 41.9 Å². The van der Waals surface area contributed by atoms with Gasteiger partial charge in [0.25, 0.3) is 0 Å². The van der Waals surface area contributed by atoms with Gasteiger partial charge in [0.1, 0.15) is 6.61 Å². The molecule has 1 aromatic heterocycles. The third-order valence-electron chi connectivity index (χ3n) is 6.99. The normalized spacial score (nSPS) is 21.4. The molecule has 0 spiro atoms. The molecule has 0 saturated carbocycles. The highest BCUT2D eigenvalue weighted by Crippen LogP contribution is 2.45. The first-order valence-corrected chi connectivity index (χ1v) is 11.0. The third kappa shape index (κ3) is 3.05. The van der Waals surface area contributed by atoms with E-state index < -0.39 is 0 Å². The number of hydrogen-bond donors (Lipinski definition) is 0. The quantitative estimate of drug-likeness (QED) is 0.562. The van der Waals surface area contributed by atoms with Crippen LogP contribution in [0.3, 0.4) is 0 Å². The predicted molar refractivity (Wildman–Crippen MR) is 121 cm³/mol. The molecule has 154 valence electrons. The van der Waals surface area contributed by atoms with Crippen LogP contribution >= 0.6 is 0 Å². The molecular formula is C27H24N2O2. The van der Waals surface area contributed by atoms with E-state index >= 15 is 0 Å². The van der Waals surface area contributed by atoms with Crippen LogP contribution in [-0.2, 0) is 4.74 Å². The summed E-state index contributed by atoms with van der Waals surface area (Å²) in [4.78, 5) is 19.2. The SMILES string of the molecule is O=C(OCC1c2ccccc2-c2ccccc21)N1C2C=C(c3ccncc3)CC1CC2. The van der Waals surface area contributed by atoms with Crippen LogP contribution in [0.15, 0.2) is 79.1 Å². The number of fused-ring (bicyclic) bond motifs is 5. The summed E-state index contributed by atoms with van der Waals surface area (Å²) in [6, 6.07) is 21.3. The first-order valence-electron chi connectivity index (χ1n) is 11.0. The molecule has 3 aliphatic rings. The minimum absolute atomic E-state index is 0.0988. The Kier molecular flexibility index (Phi) is 4.37. The van der Waals surface area contributed by atoms with Gasteiger partial charge in [-0.25, -0.2) is 4.79 Å². The number of hydrogen-bond acceptors (Lipinski definition) is 3. The molecule has 6 rings (SSSR count). The Morgan fingerprint density at radius 1 is 0.935 bits per heavy atom. The zero-order valence-corrected chi connectivity index (χ0v) is 17.3. The number of benzene rings is 2. The monoisotopic (exact) mass is 408 g/mol. The van der Waals surface area contributed by atoms with E-state index in [2.05, 4.69) is 59.6 Å². The van der Waals surface area contributed by atoms with Gasteiger partial charge in [-0.2, -0.15) is 0 Å². The summed E-state index contributed by atoms with van der Waals surface area (Å²) in [5.41, 5.74) is 7.52. The molecule has 1 saturated heterocycles. The minimum Gasteiger partial charge on any atom is -0.448 e. The van der Waals surface area contributed by atoms with Gasteiger partial charge in [0.15, 0.2) is 0 Å². The summed E-state index contributed by atoms with van der Waals surface area (Å²) in [5, 5.41) is 0. The fourth-order valence-electron chi connectivity index (χ4n) is 5.56. The molecule has 4 nitrogen and oxygen atoms in total. The van der Waals surface area contributed by atoms with Crippen LogP contribution in [0, 0.1) is 0 Å². The van der Waals surface area contributed by atoms with Gasteiger partial charge < -0.3 is 4.74 Å². The van der Waals surface area contributed by atoms with Gasteiger partial charge in [-0.1, -0.05) is 54.6 Å². The lowest BCUT2D eigenvalue weighted by molar-refractivity contribution is 0.0866. The van der Waals surface area contributed by atoms with Crippen LogP contribution in [0.25, 0.3) is 16.7 Å². The number of nitrogens with zero attached hydrogens (tertiary/aromatic N) is 2. The Hall–Kier alpha value is -3.40. The molecule has 3 heterocycles. The molecule has 2 aromatic carbocycles. The van der Waals surface area contributed by atoms with E-state index in [4.69, 9.17) is 4.74 Å². The Balaban J connectivity index is 1.21. The van der Waals surface area contributed by atoms with Crippen molar-refractivity contribution in [2.75, 3.05) is 6.61 Å².